The molecule has 1 aromatic carbocycles. The van der Waals surface area contributed by atoms with Crippen LogP contribution in [0.2, 0.25) is 0 Å². The van der Waals surface area contributed by atoms with Gasteiger partial charge in [0.1, 0.15) is 0 Å². The van der Waals surface area contributed by atoms with Crippen molar-refractivity contribution in [2.45, 2.75) is 0 Å². The average Bonchev–Trinajstić information content (AvgIpc) is 2.37. The molecule has 0 unspecified atom stereocenters. The smallest absolute Gasteiger partial charge is 0.335 e. The molecule has 7 heteroatoms. The van der Waals surface area contributed by atoms with Crippen molar-refractivity contribution in [3.63, 3.8) is 0 Å². The number of hydrogen-bond acceptors (Lipinski definition) is 3. The van der Waals surface area contributed by atoms with E-state index in [1.54, 1.807) is 18.3 Å². The van der Waals surface area contributed by atoms with E-state index in [1.807, 2.05) is 0 Å². The molecule has 0 aliphatic rings. The van der Waals surface area contributed by atoms with Crippen molar-refractivity contribution in [1.82, 2.24) is 4.98 Å². The number of amides is 1. The lowest BCUT2D eigenvalue weighted by Crippen LogP contribution is -2.12. The van der Waals surface area contributed by atoms with Gasteiger partial charge in [-0.1, -0.05) is 15.9 Å². The Kier molecular flexibility index (Phi) is 4.51. The fourth-order valence-electron chi connectivity index (χ4n) is 1.52. The zero-order chi connectivity index (χ0) is 14.7. The first-order valence-electron chi connectivity index (χ1n) is 5.41. The molecule has 2 aromatic rings. The van der Waals surface area contributed by atoms with E-state index in [4.69, 9.17) is 5.11 Å². The Labute approximate surface area is 131 Å². The molecule has 0 spiro atoms. The Morgan fingerprint density at radius 2 is 1.70 bits per heavy atom. The van der Waals surface area contributed by atoms with E-state index in [9.17, 15) is 9.59 Å². The fraction of sp³-hybridized carbons (Fsp3) is 0. The molecule has 5 nitrogen and oxygen atoms in total. The number of carboxylic acid groups (broad SMARTS) is 1. The number of carboxylic acids is 1. The molecule has 20 heavy (non-hydrogen) atoms. The summed E-state index contributed by atoms with van der Waals surface area (Å²) >= 11 is 6.44. The molecular weight excluding hydrogens is 392 g/mol. The molecule has 1 aromatic heterocycles. The van der Waals surface area contributed by atoms with Crippen LogP contribution in [0.5, 0.6) is 0 Å². The molecular formula is C13H8Br2N2O3. The summed E-state index contributed by atoms with van der Waals surface area (Å²) in [5.41, 5.74) is 0.847. The summed E-state index contributed by atoms with van der Waals surface area (Å²) in [7, 11) is 0. The summed E-state index contributed by atoms with van der Waals surface area (Å²) in [5.74, 6) is -1.43. The van der Waals surface area contributed by atoms with Gasteiger partial charge >= 0.3 is 5.97 Å². The van der Waals surface area contributed by atoms with Crippen molar-refractivity contribution in [2.75, 3.05) is 5.32 Å². The molecule has 0 saturated heterocycles. The molecule has 0 aliphatic heterocycles. The fourth-order valence-corrected chi connectivity index (χ4v) is 2.38. The molecule has 2 rings (SSSR count). The first kappa shape index (κ1) is 14.7. The molecule has 0 aliphatic carbocycles. The molecule has 0 atom stereocenters. The summed E-state index contributed by atoms with van der Waals surface area (Å²) < 4.78 is 1.26. The Balaban J connectivity index is 2.26. The highest BCUT2D eigenvalue weighted by Crippen LogP contribution is 2.20. The highest BCUT2D eigenvalue weighted by Gasteiger charge is 2.10. The predicted molar refractivity (Wildman–Crippen MR) is 81.0 cm³/mol. The van der Waals surface area contributed by atoms with E-state index in [1.165, 1.54) is 18.3 Å². The van der Waals surface area contributed by atoms with Crippen molar-refractivity contribution >= 4 is 49.4 Å². The number of hydrogen-bond donors (Lipinski definition) is 2. The van der Waals surface area contributed by atoms with Gasteiger partial charge in [0.05, 0.1) is 11.1 Å². The minimum Gasteiger partial charge on any atom is -0.478 e. The van der Waals surface area contributed by atoms with Gasteiger partial charge in [0.25, 0.3) is 5.91 Å². The molecule has 102 valence electrons. The second-order valence-electron chi connectivity index (χ2n) is 3.88. The lowest BCUT2D eigenvalue weighted by atomic mass is 10.2. The monoisotopic (exact) mass is 398 g/mol. The minimum atomic E-state index is -1.06. The summed E-state index contributed by atoms with van der Waals surface area (Å²) in [5, 5.41) is 11.6. The number of pyridine rings is 1. The first-order chi connectivity index (χ1) is 9.45. The molecule has 0 saturated carbocycles. The minimum absolute atomic E-state index is 0.0852. The molecule has 0 bridgehead atoms. The number of carbonyl (C=O) groups is 2. The second kappa shape index (κ2) is 6.15. The van der Waals surface area contributed by atoms with Crippen LogP contribution in [0.4, 0.5) is 5.69 Å². The van der Waals surface area contributed by atoms with Crippen LogP contribution in [0.3, 0.4) is 0 Å². The van der Waals surface area contributed by atoms with Crippen molar-refractivity contribution in [1.29, 1.82) is 0 Å². The Morgan fingerprint density at radius 1 is 1.00 bits per heavy atom. The van der Waals surface area contributed by atoms with Gasteiger partial charge in [-0.3, -0.25) is 9.78 Å². The number of nitrogens with one attached hydrogen (secondary N) is 1. The Morgan fingerprint density at radius 3 is 2.35 bits per heavy atom. The maximum absolute atomic E-state index is 12.0. The maximum atomic E-state index is 12.0. The van der Waals surface area contributed by atoms with Gasteiger partial charge in [0, 0.05) is 27.0 Å². The molecule has 2 N–H and O–H groups in total. The van der Waals surface area contributed by atoms with Crippen LogP contribution in [0.1, 0.15) is 20.7 Å². The van der Waals surface area contributed by atoms with E-state index < -0.39 is 5.97 Å². The highest BCUT2D eigenvalue weighted by atomic mass is 79.9. The largest absolute Gasteiger partial charge is 0.478 e. The maximum Gasteiger partial charge on any atom is 0.335 e. The highest BCUT2D eigenvalue weighted by molar-refractivity contribution is 9.10. The van der Waals surface area contributed by atoms with Crippen LogP contribution < -0.4 is 5.32 Å². The van der Waals surface area contributed by atoms with Gasteiger partial charge in [0.2, 0.25) is 0 Å². The third-order valence-corrected chi connectivity index (χ3v) is 3.26. The van der Waals surface area contributed by atoms with Crippen molar-refractivity contribution < 1.29 is 14.7 Å². The van der Waals surface area contributed by atoms with Crippen LogP contribution in [0.15, 0.2) is 45.6 Å². The van der Waals surface area contributed by atoms with E-state index >= 15 is 0 Å². The number of aromatic nitrogens is 1. The van der Waals surface area contributed by atoms with Crippen molar-refractivity contribution in [3.8, 4) is 0 Å². The standard InChI is InChI=1S/C13H8Br2N2O3/c14-9-1-7(13(19)20)3-11(4-9)17-12(18)8-2-10(15)6-16-5-8/h1-6H,(H,17,18)(H,19,20). The van der Waals surface area contributed by atoms with Crippen molar-refractivity contribution in [2.24, 2.45) is 0 Å². The lowest BCUT2D eigenvalue weighted by Gasteiger charge is -2.07. The van der Waals surface area contributed by atoms with Gasteiger partial charge in [-0.25, -0.2) is 4.79 Å². The quantitative estimate of drug-likeness (QED) is 0.826. The van der Waals surface area contributed by atoms with Gasteiger partial charge in [-0.2, -0.15) is 0 Å². The van der Waals surface area contributed by atoms with Crippen LogP contribution >= 0.6 is 31.9 Å². The number of halogens is 2. The topological polar surface area (TPSA) is 79.3 Å². The van der Waals surface area contributed by atoms with E-state index in [0.717, 1.165) is 0 Å². The third-order valence-electron chi connectivity index (χ3n) is 2.37. The molecule has 0 fully saturated rings. The molecule has 1 heterocycles. The van der Waals surface area contributed by atoms with Crippen LogP contribution in [0, 0.1) is 0 Å². The number of benzene rings is 1. The molecule has 1 amide bonds. The lowest BCUT2D eigenvalue weighted by molar-refractivity contribution is 0.0696. The number of nitrogens with zero attached hydrogens (tertiary/aromatic N) is 1. The number of anilines is 1. The van der Waals surface area contributed by atoms with E-state index in [0.29, 0.717) is 20.2 Å². The zero-order valence-electron chi connectivity index (χ0n) is 9.93. The van der Waals surface area contributed by atoms with Crippen LogP contribution in [-0.2, 0) is 0 Å². The average molecular weight is 400 g/mol. The number of rotatable bonds is 3. The first-order valence-corrected chi connectivity index (χ1v) is 7.00. The summed E-state index contributed by atoms with van der Waals surface area (Å²) in [6.45, 7) is 0. The summed E-state index contributed by atoms with van der Waals surface area (Å²) in [6, 6.07) is 6.09. The van der Waals surface area contributed by atoms with E-state index in [2.05, 4.69) is 42.2 Å². The summed E-state index contributed by atoms with van der Waals surface area (Å²) in [4.78, 5) is 26.9. The van der Waals surface area contributed by atoms with Gasteiger partial charge in [-0.15, -0.1) is 0 Å². The van der Waals surface area contributed by atoms with Crippen molar-refractivity contribution in [3.05, 3.63) is 56.7 Å². The Hall–Kier alpha value is -1.73. The van der Waals surface area contributed by atoms with Gasteiger partial charge in [-0.05, 0) is 40.2 Å². The SMILES string of the molecule is O=C(O)c1cc(Br)cc(NC(=O)c2cncc(Br)c2)c1. The van der Waals surface area contributed by atoms with E-state index in [-0.39, 0.29) is 11.5 Å². The number of aromatic carboxylic acids is 1. The predicted octanol–water partition coefficient (Wildman–Crippen LogP) is 3.56. The summed E-state index contributed by atoms with van der Waals surface area (Å²) in [6.07, 6.45) is 2.99. The van der Waals surface area contributed by atoms with Gasteiger partial charge in [0.15, 0.2) is 0 Å². The van der Waals surface area contributed by atoms with Crippen LogP contribution in [0.25, 0.3) is 0 Å². The third kappa shape index (κ3) is 3.64. The van der Waals surface area contributed by atoms with Crippen LogP contribution in [-0.4, -0.2) is 22.0 Å². The normalized spacial score (nSPS) is 10.1. The second-order valence-corrected chi connectivity index (χ2v) is 5.71. The Bertz CT molecular complexity index is 689. The zero-order valence-corrected chi connectivity index (χ0v) is 13.1. The number of carbonyl (C=O) groups excluding carboxylic acids is 1. The van der Waals surface area contributed by atoms with Gasteiger partial charge < -0.3 is 10.4 Å². The molecule has 0 radical (unpaired) electrons.